The van der Waals surface area contributed by atoms with E-state index in [0.29, 0.717) is 32.4 Å². The first-order valence-electron chi connectivity index (χ1n) is 13.9. The van der Waals surface area contributed by atoms with Gasteiger partial charge in [0.05, 0.1) is 24.4 Å². The molecular weight excluding hydrogens is 565 g/mol. The lowest BCUT2D eigenvalue weighted by Crippen LogP contribution is -2.65. The number of aromatic amines is 1. The molecule has 0 bridgehead atoms. The summed E-state index contributed by atoms with van der Waals surface area (Å²) in [5.41, 5.74) is 1.51. The van der Waals surface area contributed by atoms with Crippen molar-refractivity contribution in [1.29, 1.82) is 5.26 Å². The number of rotatable bonds is 7. The summed E-state index contributed by atoms with van der Waals surface area (Å²) in [6.07, 6.45) is 4.91. The highest BCUT2D eigenvalue weighted by molar-refractivity contribution is 5.92. The van der Waals surface area contributed by atoms with Crippen molar-refractivity contribution in [1.82, 2.24) is 44.5 Å². The Balaban J connectivity index is 1.10. The topological polar surface area (TPSA) is 142 Å². The third-order valence-electron chi connectivity index (χ3n) is 8.13. The van der Waals surface area contributed by atoms with Crippen LogP contribution in [0, 0.1) is 11.3 Å². The molecule has 0 spiro atoms. The number of fused-ring (bicyclic) bond motifs is 1. The van der Waals surface area contributed by atoms with Gasteiger partial charge in [0.1, 0.15) is 29.3 Å². The van der Waals surface area contributed by atoms with Crippen molar-refractivity contribution in [2.75, 3.05) is 27.2 Å². The number of carbonyl (C=O) groups excluding carboxylic acids is 1. The summed E-state index contributed by atoms with van der Waals surface area (Å²) in [7, 11) is 2.87. The highest BCUT2D eigenvalue weighted by atomic mass is 19.4. The number of H-pyrrole nitrogens is 1. The molecule has 0 atom stereocenters. The number of likely N-dealkylation sites (tertiary alicyclic amines) is 1. The number of nitrogens with one attached hydrogen (secondary N) is 1. The van der Waals surface area contributed by atoms with Gasteiger partial charge in [-0.1, -0.05) is 0 Å². The summed E-state index contributed by atoms with van der Waals surface area (Å²) in [6, 6.07) is 5.64. The van der Waals surface area contributed by atoms with E-state index in [4.69, 9.17) is 4.74 Å². The van der Waals surface area contributed by atoms with Crippen LogP contribution in [0.25, 0.3) is 22.3 Å². The maximum Gasteiger partial charge on any atom is 0.451 e. The zero-order chi connectivity index (χ0) is 30.4. The second kappa shape index (κ2) is 10.9. The fourth-order valence-corrected chi connectivity index (χ4v) is 5.91. The molecule has 2 fully saturated rings. The zero-order valence-corrected chi connectivity index (χ0v) is 23.5. The Kier molecular flexibility index (Phi) is 7.25. The van der Waals surface area contributed by atoms with Gasteiger partial charge in [-0.2, -0.15) is 28.5 Å². The molecular formula is C28H29F3N10O2. The van der Waals surface area contributed by atoms with E-state index in [1.165, 1.54) is 20.4 Å². The number of nitrogens with zero attached hydrogens (tertiary/aromatic N) is 9. The van der Waals surface area contributed by atoms with E-state index < -0.39 is 23.4 Å². The van der Waals surface area contributed by atoms with Gasteiger partial charge < -0.3 is 14.6 Å². The Hall–Kier alpha value is -4.58. The second-order valence-electron chi connectivity index (χ2n) is 11.3. The first kappa shape index (κ1) is 28.5. The predicted octanol–water partition coefficient (Wildman–Crippen LogP) is 3.65. The molecule has 0 aromatic carbocycles. The van der Waals surface area contributed by atoms with Gasteiger partial charge in [0, 0.05) is 62.6 Å². The number of carbonyl (C=O) groups is 1. The Morgan fingerprint density at radius 3 is 2.67 bits per heavy atom. The summed E-state index contributed by atoms with van der Waals surface area (Å²) in [4.78, 5) is 34.5. The number of hydrogen-bond donors (Lipinski definition) is 1. The Bertz CT molecular complexity index is 1680. The van der Waals surface area contributed by atoms with E-state index in [-0.39, 0.29) is 23.7 Å². The van der Waals surface area contributed by atoms with E-state index in [1.54, 1.807) is 6.20 Å². The SMILES string of the molecule is CN(C)C(=O)c1cc(O[C@H]2CC[C@@H](N3CC(CC#N)(n4cc(-c5ncnc6[nH]ccc56)cn4)C3)CC2)nc(C(F)(F)F)n1. The molecule has 4 aromatic rings. The van der Waals surface area contributed by atoms with Crippen LogP contribution in [0.5, 0.6) is 5.88 Å². The van der Waals surface area contributed by atoms with Crippen LogP contribution in [0.3, 0.4) is 0 Å². The van der Waals surface area contributed by atoms with Gasteiger partial charge in [-0.25, -0.2) is 15.0 Å². The van der Waals surface area contributed by atoms with Gasteiger partial charge in [-0.3, -0.25) is 14.4 Å². The first-order chi connectivity index (χ1) is 20.6. The van der Waals surface area contributed by atoms with Crippen molar-refractivity contribution < 1.29 is 22.7 Å². The van der Waals surface area contributed by atoms with E-state index in [9.17, 15) is 23.2 Å². The molecule has 1 aliphatic carbocycles. The molecule has 43 heavy (non-hydrogen) atoms. The average Bonchev–Trinajstić information content (AvgIpc) is 3.65. The second-order valence-corrected chi connectivity index (χ2v) is 11.3. The van der Waals surface area contributed by atoms with Gasteiger partial charge >= 0.3 is 6.18 Å². The van der Waals surface area contributed by atoms with Crippen LogP contribution in [-0.2, 0) is 11.7 Å². The van der Waals surface area contributed by atoms with Crippen LogP contribution in [-0.4, -0.2) is 89.7 Å². The van der Waals surface area contributed by atoms with Crippen molar-refractivity contribution in [2.24, 2.45) is 0 Å². The first-order valence-corrected chi connectivity index (χ1v) is 13.9. The van der Waals surface area contributed by atoms with Crippen molar-refractivity contribution in [3.05, 3.63) is 48.6 Å². The molecule has 0 unspecified atom stereocenters. The molecule has 12 nitrogen and oxygen atoms in total. The summed E-state index contributed by atoms with van der Waals surface area (Å²) in [6.45, 7) is 1.30. The Labute approximate surface area is 244 Å². The molecule has 0 radical (unpaired) electrons. The minimum atomic E-state index is -4.82. The lowest BCUT2D eigenvalue weighted by molar-refractivity contribution is -0.145. The van der Waals surface area contributed by atoms with E-state index in [2.05, 4.69) is 41.0 Å². The lowest BCUT2D eigenvalue weighted by Gasteiger charge is -2.53. The van der Waals surface area contributed by atoms with Crippen LogP contribution >= 0.6 is 0 Å². The molecule has 1 saturated heterocycles. The van der Waals surface area contributed by atoms with Crippen LogP contribution in [0.15, 0.2) is 37.1 Å². The number of amides is 1. The van der Waals surface area contributed by atoms with Crippen LogP contribution in [0.2, 0.25) is 0 Å². The summed E-state index contributed by atoms with van der Waals surface area (Å²) in [5, 5.41) is 15.1. The third-order valence-corrected chi connectivity index (χ3v) is 8.13. The van der Waals surface area contributed by atoms with Gasteiger partial charge in [0.25, 0.3) is 5.91 Å². The van der Waals surface area contributed by atoms with Gasteiger partial charge in [0.2, 0.25) is 11.7 Å². The number of nitriles is 1. The van der Waals surface area contributed by atoms with Crippen LogP contribution in [0.1, 0.15) is 48.4 Å². The molecule has 5 heterocycles. The fraction of sp³-hybridized carbons (Fsp3) is 0.464. The minimum absolute atomic E-state index is 0.241. The molecule has 224 valence electrons. The van der Waals surface area contributed by atoms with Gasteiger partial charge in [-0.15, -0.1) is 0 Å². The van der Waals surface area contributed by atoms with Crippen molar-refractivity contribution in [2.45, 2.75) is 56.0 Å². The summed E-state index contributed by atoms with van der Waals surface area (Å²) < 4.78 is 47.9. The van der Waals surface area contributed by atoms with Crippen molar-refractivity contribution in [3.63, 3.8) is 0 Å². The molecule has 1 amide bonds. The van der Waals surface area contributed by atoms with Crippen LogP contribution < -0.4 is 4.74 Å². The van der Waals surface area contributed by atoms with Gasteiger partial charge in [-0.05, 0) is 31.7 Å². The monoisotopic (exact) mass is 594 g/mol. The average molecular weight is 595 g/mol. The smallest absolute Gasteiger partial charge is 0.451 e. The molecule has 4 aromatic heterocycles. The quantitative estimate of drug-likeness (QED) is 0.339. The Morgan fingerprint density at radius 1 is 1.21 bits per heavy atom. The third kappa shape index (κ3) is 5.50. The predicted molar refractivity (Wildman–Crippen MR) is 147 cm³/mol. The van der Waals surface area contributed by atoms with Crippen LogP contribution in [0.4, 0.5) is 13.2 Å². The number of alkyl halides is 3. The van der Waals surface area contributed by atoms with Gasteiger partial charge in [0.15, 0.2) is 0 Å². The van der Waals surface area contributed by atoms with E-state index in [1.807, 2.05) is 23.1 Å². The summed E-state index contributed by atoms with van der Waals surface area (Å²) in [5.74, 6) is -2.33. The number of aromatic nitrogens is 7. The normalized spacial score (nSPS) is 20.4. The van der Waals surface area contributed by atoms with E-state index in [0.717, 1.165) is 46.1 Å². The maximum atomic E-state index is 13.4. The molecule has 2 aliphatic rings. The molecule has 1 saturated carbocycles. The molecule has 1 aliphatic heterocycles. The van der Waals surface area contributed by atoms with E-state index >= 15 is 0 Å². The fourth-order valence-electron chi connectivity index (χ4n) is 5.91. The van der Waals surface area contributed by atoms with Crippen molar-refractivity contribution in [3.8, 4) is 23.2 Å². The number of halogens is 3. The summed E-state index contributed by atoms with van der Waals surface area (Å²) >= 11 is 0. The standard InChI is InChI=1S/C28H29F3N10O2/c1-39(2)25(42)21-11-22(38-26(37-21)28(29,30)31)43-19-5-3-18(4-6-19)40-14-27(15-40,8-9-32)41-13-17(12-36-41)23-20-7-10-33-24(20)35-16-34-23/h7,10-13,16,18-19H,3-6,8,14-15H2,1-2H3,(H,33,34,35)/t18-,19+. The molecule has 6 rings (SSSR count). The molecule has 15 heteroatoms. The Morgan fingerprint density at radius 2 is 1.98 bits per heavy atom. The van der Waals surface area contributed by atoms with Crippen molar-refractivity contribution >= 4 is 16.9 Å². The highest BCUT2D eigenvalue weighted by Crippen LogP contribution is 2.39. The largest absolute Gasteiger partial charge is 0.474 e. The number of ether oxygens (including phenoxy) is 1. The minimum Gasteiger partial charge on any atom is -0.474 e. The number of hydrogen-bond acceptors (Lipinski definition) is 9. The highest BCUT2D eigenvalue weighted by Gasteiger charge is 2.48. The molecule has 1 N–H and O–H groups in total. The maximum absolute atomic E-state index is 13.4. The lowest BCUT2D eigenvalue weighted by atomic mass is 9.82. The zero-order valence-electron chi connectivity index (χ0n) is 23.5.